The number of hydrogen-bond acceptors (Lipinski definition) is 6. The lowest BCUT2D eigenvalue weighted by Gasteiger charge is -2.14. The maximum Gasteiger partial charge on any atom is 0.414 e. The Bertz CT molecular complexity index is 1180. The molecule has 2 amide bonds. The van der Waals surface area contributed by atoms with Crippen molar-refractivity contribution in [3.63, 3.8) is 0 Å². The average molecular weight is 424 g/mol. The van der Waals surface area contributed by atoms with E-state index in [1.165, 1.54) is 35.0 Å². The highest BCUT2D eigenvalue weighted by molar-refractivity contribution is 5.90. The van der Waals surface area contributed by atoms with Crippen LogP contribution in [-0.2, 0) is 16.1 Å². The molecule has 1 N–H and O–H groups in total. The van der Waals surface area contributed by atoms with E-state index in [0.717, 1.165) is 0 Å². The standard InChI is InChI=1S/C19H17FN8O3/c1-12(29)22-6-15-9-27(19(30)31-15)14-3-4-17(16(20)5-14)28-8-13(24-25-28)7-26-10-18(21-2)23-11-26/h3-5,8,10-11,15H,6-7,9H2,1H3,(H,22,29)/t15-/m0/s1. The molecular formula is C19H17FN8O3. The number of benzene rings is 1. The molecule has 3 aromatic rings. The minimum atomic E-state index is -0.607. The second-order valence-corrected chi connectivity index (χ2v) is 6.86. The molecule has 1 fully saturated rings. The van der Waals surface area contributed by atoms with E-state index >= 15 is 0 Å². The first kappa shape index (κ1) is 20.0. The van der Waals surface area contributed by atoms with Gasteiger partial charge >= 0.3 is 6.09 Å². The molecule has 0 radical (unpaired) electrons. The maximum absolute atomic E-state index is 14.8. The van der Waals surface area contributed by atoms with Gasteiger partial charge in [0.25, 0.3) is 5.82 Å². The summed E-state index contributed by atoms with van der Waals surface area (Å²) >= 11 is 0. The van der Waals surface area contributed by atoms with Gasteiger partial charge in [0, 0.05) is 13.1 Å². The number of carbonyl (C=O) groups excluding carboxylic acids is 2. The molecule has 0 aliphatic carbocycles. The summed E-state index contributed by atoms with van der Waals surface area (Å²) in [6.45, 7) is 9.03. The van der Waals surface area contributed by atoms with Crippen molar-refractivity contribution >= 4 is 23.5 Å². The second kappa shape index (κ2) is 8.23. The van der Waals surface area contributed by atoms with Crippen molar-refractivity contribution in [2.45, 2.75) is 19.6 Å². The van der Waals surface area contributed by atoms with Gasteiger partial charge in [-0.05, 0) is 18.2 Å². The SMILES string of the molecule is [C-]#[N+]c1cn(Cc2cn(-c3ccc(N4C[C@H](CNC(C)=O)OC4=O)cc3F)nn2)cn1. The first-order valence-electron chi connectivity index (χ1n) is 9.26. The molecule has 0 bridgehead atoms. The third-order valence-corrected chi connectivity index (χ3v) is 4.56. The fourth-order valence-corrected chi connectivity index (χ4v) is 3.11. The van der Waals surface area contributed by atoms with Gasteiger partial charge < -0.3 is 19.5 Å². The molecule has 1 aromatic carbocycles. The number of ether oxygens (including phenoxy) is 1. The predicted octanol–water partition coefficient (Wildman–Crippen LogP) is 1.66. The molecule has 0 unspecified atom stereocenters. The normalized spacial score (nSPS) is 15.6. The Balaban J connectivity index is 1.47. The van der Waals surface area contributed by atoms with Gasteiger partial charge in [-0.25, -0.2) is 13.9 Å². The second-order valence-electron chi connectivity index (χ2n) is 6.86. The van der Waals surface area contributed by atoms with Crippen molar-refractivity contribution in [1.82, 2.24) is 29.9 Å². The predicted molar refractivity (Wildman–Crippen MR) is 105 cm³/mol. The molecule has 2 aromatic heterocycles. The summed E-state index contributed by atoms with van der Waals surface area (Å²) in [6, 6.07) is 4.29. The first-order valence-corrected chi connectivity index (χ1v) is 9.26. The van der Waals surface area contributed by atoms with Gasteiger partial charge in [0.15, 0.2) is 12.1 Å². The minimum absolute atomic E-state index is 0.164. The minimum Gasteiger partial charge on any atom is -0.442 e. The summed E-state index contributed by atoms with van der Waals surface area (Å²) in [5, 5.41) is 10.6. The number of amides is 2. The molecule has 1 atom stereocenters. The highest BCUT2D eigenvalue weighted by atomic mass is 19.1. The van der Waals surface area contributed by atoms with E-state index in [2.05, 4.69) is 25.5 Å². The van der Waals surface area contributed by atoms with Gasteiger partial charge in [-0.3, -0.25) is 9.69 Å². The van der Waals surface area contributed by atoms with Gasteiger partial charge in [-0.2, -0.15) is 0 Å². The number of aromatic nitrogens is 5. The van der Waals surface area contributed by atoms with E-state index in [1.54, 1.807) is 23.0 Å². The van der Waals surface area contributed by atoms with Crippen LogP contribution in [0.5, 0.6) is 0 Å². The Hall–Kier alpha value is -4.27. The highest BCUT2D eigenvalue weighted by Crippen LogP contribution is 2.25. The van der Waals surface area contributed by atoms with E-state index in [0.29, 0.717) is 17.9 Å². The van der Waals surface area contributed by atoms with E-state index in [9.17, 15) is 14.0 Å². The molecule has 0 saturated carbocycles. The van der Waals surface area contributed by atoms with Crippen LogP contribution < -0.4 is 10.2 Å². The largest absolute Gasteiger partial charge is 0.442 e. The summed E-state index contributed by atoms with van der Waals surface area (Å²) in [6.07, 6.45) is 3.54. The lowest BCUT2D eigenvalue weighted by molar-refractivity contribution is -0.119. The number of rotatable bonds is 6. The molecule has 0 spiro atoms. The van der Waals surface area contributed by atoms with Crippen LogP contribution >= 0.6 is 0 Å². The van der Waals surface area contributed by atoms with Crippen molar-refractivity contribution in [2.75, 3.05) is 18.0 Å². The van der Waals surface area contributed by atoms with Gasteiger partial charge in [-0.1, -0.05) is 11.8 Å². The molecule has 1 saturated heterocycles. The van der Waals surface area contributed by atoms with Crippen LogP contribution in [0, 0.1) is 12.4 Å². The number of imidazole rings is 1. The van der Waals surface area contributed by atoms with Gasteiger partial charge in [-0.15, -0.1) is 10.1 Å². The number of nitrogens with one attached hydrogen (secondary N) is 1. The van der Waals surface area contributed by atoms with Crippen molar-refractivity contribution in [1.29, 1.82) is 0 Å². The summed E-state index contributed by atoms with van der Waals surface area (Å²) in [4.78, 5) is 31.6. The van der Waals surface area contributed by atoms with Gasteiger partial charge in [0.1, 0.15) is 17.5 Å². The Morgan fingerprint density at radius 2 is 2.26 bits per heavy atom. The summed E-state index contributed by atoms with van der Waals surface area (Å²) in [5.41, 5.74) is 1.06. The Morgan fingerprint density at radius 3 is 2.97 bits per heavy atom. The fourth-order valence-electron chi connectivity index (χ4n) is 3.11. The molecule has 3 heterocycles. The average Bonchev–Trinajstić information content (AvgIpc) is 3.47. The van der Waals surface area contributed by atoms with Gasteiger partial charge in [0.2, 0.25) is 5.91 Å². The van der Waals surface area contributed by atoms with E-state index in [4.69, 9.17) is 11.3 Å². The Labute approximate surface area is 175 Å². The molecule has 11 nitrogen and oxygen atoms in total. The van der Waals surface area contributed by atoms with Gasteiger partial charge in [0.05, 0.1) is 31.5 Å². The lowest BCUT2D eigenvalue weighted by atomic mass is 10.2. The maximum atomic E-state index is 14.8. The zero-order chi connectivity index (χ0) is 22.0. The monoisotopic (exact) mass is 424 g/mol. The van der Waals surface area contributed by atoms with E-state index in [-0.39, 0.29) is 30.5 Å². The van der Waals surface area contributed by atoms with Crippen molar-refractivity contribution in [3.05, 3.63) is 59.8 Å². The Kier molecular flexibility index (Phi) is 5.31. The third kappa shape index (κ3) is 4.35. The third-order valence-electron chi connectivity index (χ3n) is 4.56. The number of carbonyl (C=O) groups is 2. The van der Waals surface area contributed by atoms with Crippen molar-refractivity contribution in [2.24, 2.45) is 0 Å². The van der Waals surface area contributed by atoms with Crippen LogP contribution in [0.25, 0.3) is 10.5 Å². The number of nitrogens with zero attached hydrogens (tertiary/aromatic N) is 7. The smallest absolute Gasteiger partial charge is 0.414 e. The number of halogens is 1. The first-order chi connectivity index (χ1) is 14.9. The zero-order valence-electron chi connectivity index (χ0n) is 16.4. The summed E-state index contributed by atoms with van der Waals surface area (Å²) in [5.74, 6) is -0.546. The molecule has 31 heavy (non-hydrogen) atoms. The number of anilines is 1. The van der Waals surface area contributed by atoms with E-state index in [1.807, 2.05) is 0 Å². The summed E-state index contributed by atoms with van der Waals surface area (Å²) < 4.78 is 23.0. The van der Waals surface area contributed by atoms with Crippen molar-refractivity contribution < 1.29 is 18.7 Å². The van der Waals surface area contributed by atoms with Crippen LogP contribution in [0.3, 0.4) is 0 Å². The van der Waals surface area contributed by atoms with Crippen LogP contribution in [0.4, 0.5) is 20.7 Å². The fraction of sp³-hybridized carbons (Fsp3) is 0.263. The van der Waals surface area contributed by atoms with Crippen LogP contribution in [0.2, 0.25) is 0 Å². The quantitative estimate of drug-likeness (QED) is 0.603. The lowest BCUT2D eigenvalue weighted by Crippen LogP contribution is -2.33. The zero-order valence-corrected chi connectivity index (χ0v) is 16.4. The van der Waals surface area contributed by atoms with Crippen LogP contribution in [-0.4, -0.2) is 55.7 Å². The van der Waals surface area contributed by atoms with Crippen LogP contribution in [0.15, 0.2) is 36.9 Å². The Morgan fingerprint density at radius 1 is 1.42 bits per heavy atom. The molecule has 158 valence electrons. The topological polar surface area (TPSA) is 112 Å². The highest BCUT2D eigenvalue weighted by Gasteiger charge is 2.32. The summed E-state index contributed by atoms with van der Waals surface area (Å²) in [7, 11) is 0. The molecule has 12 heteroatoms. The molecule has 1 aliphatic heterocycles. The number of hydrogen-bond donors (Lipinski definition) is 1. The van der Waals surface area contributed by atoms with E-state index < -0.39 is 18.0 Å². The number of cyclic esters (lactones) is 1. The van der Waals surface area contributed by atoms with Crippen molar-refractivity contribution in [3.8, 4) is 5.69 Å². The van der Waals surface area contributed by atoms with Crippen LogP contribution in [0.1, 0.15) is 12.6 Å². The molecule has 4 rings (SSSR count). The molecular weight excluding hydrogens is 407 g/mol. The molecule has 1 aliphatic rings.